The van der Waals surface area contributed by atoms with Crippen LogP contribution in [0.3, 0.4) is 0 Å². The molecule has 2 rings (SSSR count). The topological polar surface area (TPSA) is 129 Å². The molecule has 0 amide bonds. The van der Waals surface area contributed by atoms with Gasteiger partial charge in [0.2, 0.25) is 0 Å². The molecule has 1 unspecified atom stereocenters. The van der Waals surface area contributed by atoms with E-state index in [0.29, 0.717) is 16.9 Å². The number of carbonyl (C=O) groups excluding carboxylic acids is 1. The van der Waals surface area contributed by atoms with Gasteiger partial charge in [0.1, 0.15) is 23.7 Å². The summed E-state index contributed by atoms with van der Waals surface area (Å²) in [6.07, 6.45) is 5.90. The molecule has 182 valence electrons. The minimum absolute atomic E-state index is 0.0559. The number of carbonyl (C=O) groups is 2. The van der Waals surface area contributed by atoms with Gasteiger partial charge in [-0.25, -0.2) is 4.79 Å². The van der Waals surface area contributed by atoms with Gasteiger partial charge in [-0.05, 0) is 38.7 Å². The standard InChI is InChI=1S/C23H31O9P/c1-14(12-16(22(25)26)8-6-7-11-33(28,30-4)31-5)9-10-17-20(24)19-18(13-32-23(19)27)15(2)21(17)29-3/h6-7,9,16,24H,8,10-13H2,1-5H3,(H,25,26). The number of carboxylic acids is 1. The number of methoxy groups -OCH3 is 1. The predicted molar refractivity (Wildman–Crippen MR) is 122 cm³/mol. The average Bonchev–Trinajstić information content (AvgIpc) is 3.18. The summed E-state index contributed by atoms with van der Waals surface area (Å²) in [5.74, 6) is -1.90. The molecule has 1 aliphatic rings. The first-order valence-electron chi connectivity index (χ1n) is 10.4. The maximum Gasteiger partial charge on any atom is 0.342 e. The van der Waals surface area contributed by atoms with Gasteiger partial charge in [-0.2, -0.15) is 0 Å². The maximum atomic E-state index is 12.0. The Morgan fingerprint density at radius 1 is 1.24 bits per heavy atom. The van der Waals surface area contributed by atoms with Crippen LogP contribution in [0.2, 0.25) is 0 Å². The molecule has 0 aromatic heterocycles. The Hall–Kier alpha value is -2.61. The average molecular weight is 482 g/mol. The number of hydrogen-bond acceptors (Lipinski definition) is 8. The van der Waals surface area contributed by atoms with Crippen molar-refractivity contribution in [2.45, 2.75) is 39.7 Å². The first kappa shape index (κ1) is 26.6. The molecule has 2 N–H and O–H groups in total. The number of carboxylic acid groups (broad SMARTS) is 1. The van der Waals surface area contributed by atoms with Crippen molar-refractivity contribution in [3.63, 3.8) is 0 Å². The maximum absolute atomic E-state index is 12.0. The van der Waals surface area contributed by atoms with Crippen LogP contribution in [0.15, 0.2) is 23.8 Å². The van der Waals surface area contributed by atoms with Crippen molar-refractivity contribution in [2.75, 3.05) is 27.5 Å². The highest BCUT2D eigenvalue weighted by Gasteiger charge is 2.32. The molecule has 1 aliphatic heterocycles. The van der Waals surface area contributed by atoms with Crippen LogP contribution in [0.1, 0.15) is 46.8 Å². The highest BCUT2D eigenvalue weighted by molar-refractivity contribution is 7.54. The third-order valence-corrected chi connectivity index (χ3v) is 7.46. The van der Waals surface area contributed by atoms with Gasteiger partial charge >= 0.3 is 19.5 Å². The van der Waals surface area contributed by atoms with Gasteiger partial charge < -0.3 is 28.7 Å². The van der Waals surface area contributed by atoms with Gasteiger partial charge in [0.05, 0.1) is 19.2 Å². The number of benzene rings is 1. The Labute approximate surface area is 193 Å². The van der Waals surface area contributed by atoms with Crippen LogP contribution >= 0.6 is 7.60 Å². The monoisotopic (exact) mass is 482 g/mol. The summed E-state index contributed by atoms with van der Waals surface area (Å²) in [5.41, 5.74) is 2.76. The van der Waals surface area contributed by atoms with Crippen LogP contribution in [0, 0.1) is 12.8 Å². The molecule has 0 bridgehead atoms. The lowest BCUT2D eigenvalue weighted by atomic mass is 9.93. The van der Waals surface area contributed by atoms with E-state index in [9.17, 15) is 24.4 Å². The van der Waals surface area contributed by atoms with Gasteiger partial charge in [0, 0.05) is 25.3 Å². The third kappa shape index (κ3) is 6.25. The smallest absolute Gasteiger partial charge is 0.342 e. The molecule has 1 heterocycles. The first-order chi connectivity index (χ1) is 15.6. The summed E-state index contributed by atoms with van der Waals surface area (Å²) in [6, 6.07) is 0. The van der Waals surface area contributed by atoms with E-state index in [2.05, 4.69) is 0 Å². The summed E-state index contributed by atoms with van der Waals surface area (Å²) >= 11 is 0. The second kappa shape index (κ2) is 11.5. The number of ether oxygens (including phenoxy) is 2. The second-order valence-corrected chi connectivity index (χ2v) is 10.1. The Bertz CT molecular complexity index is 1000. The van der Waals surface area contributed by atoms with Gasteiger partial charge in [0.25, 0.3) is 0 Å². The van der Waals surface area contributed by atoms with Crippen molar-refractivity contribution in [1.29, 1.82) is 0 Å². The van der Waals surface area contributed by atoms with Crippen LogP contribution < -0.4 is 4.74 Å². The van der Waals surface area contributed by atoms with Crippen LogP contribution in [0.4, 0.5) is 0 Å². The van der Waals surface area contributed by atoms with Crippen LogP contribution in [-0.2, 0) is 36.2 Å². The zero-order valence-corrected chi connectivity index (χ0v) is 20.4. The van der Waals surface area contributed by atoms with E-state index in [1.165, 1.54) is 21.3 Å². The van der Waals surface area contributed by atoms with E-state index in [1.54, 1.807) is 19.1 Å². The summed E-state index contributed by atoms with van der Waals surface area (Å²) < 4.78 is 32.3. The number of fused-ring (bicyclic) bond motifs is 1. The van der Waals surface area contributed by atoms with Crippen molar-refractivity contribution in [1.82, 2.24) is 0 Å². The molecule has 33 heavy (non-hydrogen) atoms. The lowest BCUT2D eigenvalue weighted by Crippen LogP contribution is -2.13. The summed E-state index contributed by atoms with van der Waals surface area (Å²) in [6.45, 7) is 3.71. The SMILES string of the molecule is COc1c(C)c2c(c(O)c1CC=C(C)CC(CC=CCP(=O)(OC)OC)C(=O)O)C(=O)OC2. The Balaban J connectivity index is 2.15. The molecule has 1 atom stereocenters. The molecule has 10 heteroatoms. The van der Waals surface area contributed by atoms with E-state index in [-0.39, 0.29) is 43.3 Å². The van der Waals surface area contributed by atoms with Crippen LogP contribution in [0.25, 0.3) is 0 Å². The minimum Gasteiger partial charge on any atom is -0.507 e. The highest BCUT2D eigenvalue weighted by atomic mass is 31.2. The number of phenols is 1. The number of allylic oxidation sites excluding steroid dienone is 4. The molecule has 1 aromatic carbocycles. The molecule has 0 aliphatic carbocycles. The largest absolute Gasteiger partial charge is 0.507 e. The van der Waals surface area contributed by atoms with Gasteiger partial charge in [-0.15, -0.1) is 0 Å². The van der Waals surface area contributed by atoms with E-state index >= 15 is 0 Å². The van der Waals surface area contributed by atoms with Gasteiger partial charge in [0.15, 0.2) is 0 Å². The van der Waals surface area contributed by atoms with E-state index in [1.807, 2.05) is 13.0 Å². The third-order valence-electron chi connectivity index (χ3n) is 5.69. The molecule has 0 saturated carbocycles. The van der Waals surface area contributed by atoms with E-state index < -0.39 is 25.5 Å². The Kier molecular flexibility index (Phi) is 9.28. The van der Waals surface area contributed by atoms with Crippen molar-refractivity contribution in [3.8, 4) is 11.5 Å². The number of phenolic OH excluding ortho intramolecular Hbond substituents is 1. The number of cyclic esters (lactones) is 1. The predicted octanol–water partition coefficient (Wildman–Crippen LogP) is 4.39. The summed E-state index contributed by atoms with van der Waals surface area (Å²) in [4.78, 5) is 23.7. The first-order valence-corrected chi connectivity index (χ1v) is 12.1. The Morgan fingerprint density at radius 2 is 1.91 bits per heavy atom. The molecular weight excluding hydrogens is 451 g/mol. The molecule has 9 nitrogen and oxygen atoms in total. The van der Waals surface area contributed by atoms with Crippen LogP contribution in [0.5, 0.6) is 11.5 Å². The summed E-state index contributed by atoms with van der Waals surface area (Å²) in [7, 11) is 0.905. The lowest BCUT2D eigenvalue weighted by molar-refractivity contribution is -0.141. The van der Waals surface area contributed by atoms with E-state index in [0.717, 1.165) is 11.1 Å². The number of hydrogen-bond donors (Lipinski definition) is 2. The van der Waals surface area contributed by atoms with Crippen molar-refractivity contribution >= 4 is 19.5 Å². The number of esters is 1. The fraction of sp³-hybridized carbons (Fsp3) is 0.478. The van der Waals surface area contributed by atoms with E-state index in [4.69, 9.17) is 18.5 Å². The fourth-order valence-electron chi connectivity index (χ4n) is 3.74. The van der Waals surface area contributed by atoms with Crippen molar-refractivity contribution in [2.24, 2.45) is 5.92 Å². The highest BCUT2D eigenvalue weighted by Crippen LogP contribution is 2.46. The van der Waals surface area contributed by atoms with Crippen LogP contribution in [-0.4, -0.2) is 49.6 Å². The minimum atomic E-state index is -3.18. The molecule has 0 radical (unpaired) electrons. The quantitative estimate of drug-likeness (QED) is 0.253. The number of rotatable bonds is 12. The molecular formula is C23H31O9P. The number of aromatic hydroxyl groups is 1. The van der Waals surface area contributed by atoms with Gasteiger partial charge in [-0.1, -0.05) is 23.8 Å². The van der Waals surface area contributed by atoms with Gasteiger partial charge in [-0.3, -0.25) is 9.36 Å². The Morgan fingerprint density at radius 3 is 2.48 bits per heavy atom. The lowest BCUT2D eigenvalue weighted by Gasteiger charge is -2.16. The second-order valence-electron chi connectivity index (χ2n) is 7.77. The summed E-state index contributed by atoms with van der Waals surface area (Å²) in [5, 5.41) is 20.3. The normalized spacial score (nSPS) is 14.9. The van der Waals surface area contributed by atoms with Crippen molar-refractivity contribution in [3.05, 3.63) is 46.1 Å². The van der Waals surface area contributed by atoms with Crippen molar-refractivity contribution < 1.29 is 42.9 Å². The number of aliphatic carboxylic acids is 1. The molecule has 0 saturated heterocycles. The zero-order valence-electron chi connectivity index (χ0n) is 19.5. The molecule has 1 aromatic rings. The molecule has 0 fully saturated rings. The zero-order chi connectivity index (χ0) is 24.8. The fourth-order valence-corrected chi connectivity index (χ4v) is 4.59. The molecule has 0 spiro atoms.